The maximum absolute atomic E-state index is 11.3. The second-order valence-corrected chi connectivity index (χ2v) is 5.59. The summed E-state index contributed by atoms with van der Waals surface area (Å²) in [6, 6.07) is 0. The van der Waals surface area contributed by atoms with E-state index in [4.69, 9.17) is 0 Å². The molecule has 1 amide bonds. The highest BCUT2D eigenvalue weighted by atomic mass is 16.1. The van der Waals surface area contributed by atoms with Crippen LogP contribution in [0, 0.1) is 5.92 Å². The number of allylic oxidation sites excluding steroid dienone is 1. The van der Waals surface area contributed by atoms with Gasteiger partial charge in [0.15, 0.2) is 0 Å². The van der Waals surface area contributed by atoms with Crippen LogP contribution in [0.1, 0.15) is 46.0 Å². The third-order valence-electron chi connectivity index (χ3n) is 3.66. The van der Waals surface area contributed by atoms with Gasteiger partial charge in [0.1, 0.15) is 0 Å². The number of likely N-dealkylation sites (tertiary alicyclic amines) is 1. The maximum Gasteiger partial charge on any atom is 0.219 e. The molecule has 0 aromatic carbocycles. The summed E-state index contributed by atoms with van der Waals surface area (Å²) < 4.78 is 0. The standard InChI is InChI=1S/C15H28N2O/c1-13(2)6-4-10-17-11-5-7-14(12-17)8-9-15(18)16-3/h6,14H,4-5,7-12H2,1-3H3,(H,16,18). The lowest BCUT2D eigenvalue weighted by Crippen LogP contribution is -2.36. The maximum atomic E-state index is 11.3. The highest BCUT2D eigenvalue weighted by molar-refractivity contribution is 5.75. The van der Waals surface area contributed by atoms with E-state index in [1.165, 1.54) is 38.0 Å². The van der Waals surface area contributed by atoms with Gasteiger partial charge >= 0.3 is 0 Å². The number of amides is 1. The Morgan fingerprint density at radius 1 is 1.44 bits per heavy atom. The Morgan fingerprint density at radius 3 is 2.89 bits per heavy atom. The van der Waals surface area contributed by atoms with E-state index in [1.54, 1.807) is 7.05 Å². The van der Waals surface area contributed by atoms with E-state index < -0.39 is 0 Å². The van der Waals surface area contributed by atoms with Crippen molar-refractivity contribution in [2.24, 2.45) is 5.92 Å². The summed E-state index contributed by atoms with van der Waals surface area (Å²) >= 11 is 0. The lowest BCUT2D eigenvalue weighted by Gasteiger charge is -2.32. The van der Waals surface area contributed by atoms with Crippen LogP contribution in [0.3, 0.4) is 0 Å². The van der Waals surface area contributed by atoms with E-state index in [9.17, 15) is 4.79 Å². The highest BCUT2D eigenvalue weighted by Crippen LogP contribution is 2.21. The van der Waals surface area contributed by atoms with E-state index in [0.717, 1.165) is 12.8 Å². The number of carbonyl (C=O) groups is 1. The van der Waals surface area contributed by atoms with Crippen LogP contribution >= 0.6 is 0 Å². The minimum atomic E-state index is 0.177. The zero-order valence-electron chi connectivity index (χ0n) is 12.2. The summed E-state index contributed by atoms with van der Waals surface area (Å²) in [7, 11) is 1.72. The fraction of sp³-hybridized carbons (Fsp3) is 0.800. The molecule has 0 spiro atoms. The summed E-state index contributed by atoms with van der Waals surface area (Å²) in [6.07, 6.45) is 7.77. The number of piperidine rings is 1. The highest BCUT2D eigenvalue weighted by Gasteiger charge is 2.19. The van der Waals surface area contributed by atoms with Gasteiger partial charge in [0.05, 0.1) is 0 Å². The Morgan fingerprint density at radius 2 is 2.22 bits per heavy atom. The van der Waals surface area contributed by atoms with Crippen molar-refractivity contribution in [2.75, 3.05) is 26.7 Å². The van der Waals surface area contributed by atoms with Crippen LogP contribution in [0.25, 0.3) is 0 Å². The first-order chi connectivity index (χ1) is 8.61. The molecule has 104 valence electrons. The third-order valence-corrected chi connectivity index (χ3v) is 3.66. The molecular formula is C15H28N2O. The van der Waals surface area contributed by atoms with Crippen LogP contribution in [0.2, 0.25) is 0 Å². The van der Waals surface area contributed by atoms with Crippen LogP contribution in [0.5, 0.6) is 0 Å². The van der Waals surface area contributed by atoms with E-state index in [-0.39, 0.29) is 5.91 Å². The van der Waals surface area contributed by atoms with Gasteiger partial charge in [-0.15, -0.1) is 0 Å². The fourth-order valence-electron chi connectivity index (χ4n) is 2.59. The van der Waals surface area contributed by atoms with Gasteiger partial charge in [-0.2, -0.15) is 0 Å². The molecule has 3 nitrogen and oxygen atoms in total. The number of carbonyl (C=O) groups excluding carboxylic acids is 1. The number of nitrogens with zero attached hydrogens (tertiary/aromatic N) is 1. The normalized spacial score (nSPS) is 20.5. The second-order valence-electron chi connectivity index (χ2n) is 5.59. The molecule has 1 heterocycles. The fourth-order valence-corrected chi connectivity index (χ4v) is 2.59. The molecule has 0 bridgehead atoms. The lowest BCUT2D eigenvalue weighted by atomic mass is 9.93. The lowest BCUT2D eigenvalue weighted by molar-refractivity contribution is -0.121. The molecule has 1 aliphatic heterocycles. The molecule has 1 N–H and O–H groups in total. The Hall–Kier alpha value is -0.830. The van der Waals surface area contributed by atoms with Gasteiger partial charge in [0.25, 0.3) is 0 Å². The molecule has 1 aliphatic rings. The monoisotopic (exact) mass is 252 g/mol. The number of nitrogens with one attached hydrogen (secondary N) is 1. The molecule has 3 heteroatoms. The van der Waals surface area contributed by atoms with E-state index in [0.29, 0.717) is 12.3 Å². The SMILES string of the molecule is CNC(=O)CCC1CCCN(CCC=C(C)C)C1. The largest absolute Gasteiger partial charge is 0.359 e. The molecule has 0 aliphatic carbocycles. The molecule has 18 heavy (non-hydrogen) atoms. The Kier molecular flexibility index (Phi) is 7.02. The second kappa shape index (κ2) is 8.30. The molecule has 1 saturated heterocycles. The van der Waals surface area contributed by atoms with Gasteiger partial charge < -0.3 is 10.2 Å². The molecular weight excluding hydrogens is 224 g/mol. The number of hydrogen-bond donors (Lipinski definition) is 1. The molecule has 0 radical (unpaired) electrons. The first kappa shape index (κ1) is 15.2. The van der Waals surface area contributed by atoms with Crippen molar-refractivity contribution in [3.05, 3.63) is 11.6 Å². The quantitative estimate of drug-likeness (QED) is 0.737. The van der Waals surface area contributed by atoms with Crippen molar-refractivity contribution in [3.8, 4) is 0 Å². The van der Waals surface area contributed by atoms with Crippen LogP contribution in [0.15, 0.2) is 11.6 Å². The molecule has 0 saturated carbocycles. The van der Waals surface area contributed by atoms with Gasteiger partial charge in [0.2, 0.25) is 5.91 Å². The van der Waals surface area contributed by atoms with Crippen molar-refractivity contribution >= 4 is 5.91 Å². The molecule has 1 atom stereocenters. The average molecular weight is 252 g/mol. The average Bonchev–Trinajstić information content (AvgIpc) is 2.36. The first-order valence-electron chi connectivity index (χ1n) is 7.18. The van der Waals surface area contributed by atoms with Crippen LogP contribution in [-0.4, -0.2) is 37.5 Å². The predicted molar refractivity (Wildman–Crippen MR) is 76.5 cm³/mol. The summed E-state index contributed by atoms with van der Waals surface area (Å²) in [5.74, 6) is 0.888. The van der Waals surface area contributed by atoms with Gasteiger partial charge in [-0.25, -0.2) is 0 Å². The Bertz CT molecular complexity index is 282. The zero-order valence-corrected chi connectivity index (χ0v) is 12.2. The first-order valence-corrected chi connectivity index (χ1v) is 7.18. The van der Waals surface area contributed by atoms with E-state index in [2.05, 4.69) is 30.1 Å². The summed E-state index contributed by atoms with van der Waals surface area (Å²) in [5.41, 5.74) is 1.41. The minimum absolute atomic E-state index is 0.177. The van der Waals surface area contributed by atoms with Gasteiger partial charge in [0, 0.05) is 26.6 Å². The summed E-state index contributed by atoms with van der Waals surface area (Å²) in [6.45, 7) is 7.88. The van der Waals surface area contributed by atoms with Crippen molar-refractivity contribution in [2.45, 2.75) is 46.0 Å². The molecule has 1 unspecified atom stereocenters. The van der Waals surface area contributed by atoms with E-state index in [1.807, 2.05) is 0 Å². The van der Waals surface area contributed by atoms with Crippen molar-refractivity contribution in [1.82, 2.24) is 10.2 Å². The van der Waals surface area contributed by atoms with Crippen LogP contribution in [0.4, 0.5) is 0 Å². The van der Waals surface area contributed by atoms with E-state index >= 15 is 0 Å². The summed E-state index contributed by atoms with van der Waals surface area (Å²) in [4.78, 5) is 13.8. The van der Waals surface area contributed by atoms with Crippen molar-refractivity contribution in [1.29, 1.82) is 0 Å². The van der Waals surface area contributed by atoms with Crippen LogP contribution < -0.4 is 5.32 Å². The topological polar surface area (TPSA) is 32.3 Å². The van der Waals surface area contributed by atoms with Crippen molar-refractivity contribution < 1.29 is 4.79 Å². The molecule has 1 rings (SSSR count). The van der Waals surface area contributed by atoms with Gasteiger partial charge in [-0.3, -0.25) is 4.79 Å². The van der Waals surface area contributed by atoms with Crippen molar-refractivity contribution in [3.63, 3.8) is 0 Å². The summed E-state index contributed by atoms with van der Waals surface area (Å²) in [5, 5.41) is 2.70. The third kappa shape index (κ3) is 6.20. The van der Waals surface area contributed by atoms with Gasteiger partial charge in [-0.05, 0) is 52.0 Å². The Labute approximate surface area is 112 Å². The molecule has 1 fully saturated rings. The minimum Gasteiger partial charge on any atom is -0.359 e. The van der Waals surface area contributed by atoms with Crippen LogP contribution in [-0.2, 0) is 4.79 Å². The Balaban J connectivity index is 2.23. The smallest absolute Gasteiger partial charge is 0.219 e. The number of rotatable bonds is 6. The number of hydrogen-bond acceptors (Lipinski definition) is 2. The van der Waals surface area contributed by atoms with Gasteiger partial charge in [-0.1, -0.05) is 11.6 Å². The predicted octanol–water partition coefficient (Wildman–Crippen LogP) is 2.58. The zero-order chi connectivity index (χ0) is 13.4. The molecule has 0 aromatic rings. The molecule has 0 aromatic heterocycles.